The van der Waals surface area contributed by atoms with E-state index in [1.165, 1.54) is 101 Å². The molecule has 13 rings (SSSR count). The van der Waals surface area contributed by atoms with E-state index in [9.17, 15) is 0 Å². The number of para-hydroxylation sites is 3. The first-order valence-corrected chi connectivity index (χ1v) is 22.3. The number of anilines is 5. The van der Waals surface area contributed by atoms with Gasteiger partial charge < -0.3 is 14.1 Å². The molecule has 298 valence electrons. The molecule has 0 atom stereocenters. The molecule has 0 unspecified atom stereocenters. The molecule has 9 aromatic rings. The van der Waals surface area contributed by atoms with Crippen LogP contribution in [0, 0.1) is 6.92 Å². The molecule has 8 aromatic carbocycles. The van der Waals surface area contributed by atoms with E-state index in [0.717, 1.165) is 23.0 Å². The molecule has 62 heavy (non-hydrogen) atoms. The molecule has 1 aromatic heterocycles. The van der Waals surface area contributed by atoms with E-state index < -0.39 is 5.41 Å². The van der Waals surface area contributed by atoms with Gasteiger partial charge in [-0.1, -0.05) is 155 Å². The molecule has 0 saturated carbocycles. The van der Waals surface area contributed by atoms with Gasteiger partial charge in [-0.25, -0.2) is 0 Å². The minimum absolute atomic E-state index is 0.0499. The van der Waals surface area contributed by atoms with Crippen molar-refractivity contribution in [3.05, 3.63) is 209 Å². The number of benzene rings is 8. The quantitative estimate of drug-likeness (QED) is 0.166. The van der Waals surface area contributed by atoms with E-state index >= 15 is 0 Å². The zero-order valence-electron chi connectivity index (χ0n) is 36.0. The second kappa shape index (κ2) is 12.4. The van der Waals surface area contributed by atoms with Gasteiger partial charge in [0.25, 0.3) is 0 Å². The highest BCUT2D eigenvalue weighted by Gasteiger charge is 2.53. The predicted octanol–water partition coefficient (Wildman–Crippen LogP) is 13.6. The van der Waals surface area contributed by atoms with E-state index in [1.807, 2.05) is 0 Å². The minimum Gasteiger partial charge on any atom is -0.456 e. The first kappa shape index (κ1) is 35.9. The predicted molar refractivity (Wildman–Crippen MR) is 259 cm³/mol. The Labute approximate surface area is 364 Å². The summed E-state index contributed by atoms with van der Waals surface area (Å²) in [5.41, 5.74) is 22.1. The summed E-state index contributed by atoms with van der Waals surface area (Å²) >= 11 is 0. The van der Waals surface area contributed by atoms with Crippen molar-refractivity contribution in [2.24, 2.45) is 0 Å². The highest BCUT2D eigenvalue weighted by atomic mass is 16.3. The number of furan rings is 1. The SMILES string of the molecule is Cc1cc2c3c(c1)N1c4ccccc4C(c4ccccc4)(c4ccccc4)c4cccc(c41)B3N(c1ccc3c(c1)C(C)(C)CCC3(C)C)c1ccc3oc4ccccc4c3c1-2. The van der Waals surface area contributed by atoms with Gasteiger partial charge in [-0.05, 0) is 128 Å². The zero-order chi connectivity index (χ0) is 41.7. The molecule has 0 radical (unpaired) electrons. The number of aryl methyl sites for hydroxylation is 1. The average molecular weight is 799 g/mol. The van der Waals surface area contributed by atoms with E-state index in [4.69, 9.17) is 4.42 Å². The monoisotopic (exact) mass is 798 g/mol. The third-order valence-corrected chi connectivity index (χ3v) is 15.2. The van der Waals surface area contributed by atoms with Gasteiger partial charge in [-0.2, -0.15) is 0 Å². The van der Waals surface area contributed by atoms with Crippen molar-refractivity contribution in [1.82, 2.24) is 0 Å². The maximum absolute atomic E-state index is 6.67. The molecule has 4 aliphatic rings. The maximum Gasteiger partial charge on any atom is 0.333 e. The number of nitrogens with zero attached hydrogens (tertiary/aromatic N) is 2. The van der Waals surface area contributed by atoms with E-state index in [2.05, 4.69) is 214 Å². The van der Waals surface area contributed by atoms with Crippen molar-refractivity contribution in [3.63, 3.8) is 0 Å². The van der Waals surface area contributed by atoms with Crippen LogP contribution in [-0.2, 0) is 16.2 Å². The fourth-order valence-corrected chi connectivity index (χ4v) is 12.3. The second-order valence-electron chi connectivity index (χ2n) is 19.5. The molecular weight excluding hydrogens is 751 g/mol. The molecule has 0 saturated heterocycles. The summed E-state index contributed by atoms with van der Waals surface area (Å²) in [7, 11) is 0. The van der Waals surface area contributed by atoms with Gasteiger partial charge in [0.05, 0.1) is 11.1 Å². The Hall–Kier alpha value is -6.78. The van der Waals surface area contributed by atoms with Gasteiger partial charge in [0.15, 0.2) is 0 Å². The van der Waals surface area contributed by atoms with Crippen molar-refractivity contribution in [2.45, 2.75) is 63.7 Å². The number of rotatable bonds is 3. The fraction of sp³-hybridized carbons (Fsp3) is 0.172. The average Bonchev–Trinajstić information content (AvgIpc) is 3.68. The Bertz CT molecular complexity index is 3300. The second-order valence-corrected chi connectivity index (χ2v) is 19.5. The first-order valence-electron chi connectivity index (χ1n) is 22.3. The van der Waals surface area contributed by atoms with Crippen molar-refractivity contribution in [1.29, 1.82) is 0 Å². The highest BCUT2D eigenvalue weighted by Crippen LogP contribution is 2.60. The lowest BCUT2D eigenvalue weighted by molar-refractivity contribution is 0.332. The van der Waals surface area contributed by atoms with Gasteiger partial charge >= 0.3 is 6.85 Å². The van der Waals surface area contributed by atoms with Gasteiger partial charge in [0.2, 0.25) is 0 Å². The molecule has 3 aliphatic heterocycles. The lowest BCUT2D eigenvalue weighted by atomic mass is 9.42. The molecule has 4 heterocycles. The standard InChI is InChI=1S/C58H47BN2O/c1-36-33-41-52-48(29-30-51-53(52)40-21-12-15-26-50(40)62-51)61(39-27-28-42-45(35-39)57(4,5)32-31-56(42,2)3)59-46-24-16-23-44-55(46)60(49(34-36)54(41)59)47-25-14-13-22-43(47)58(44,37-17-8-6-9-18-37)38-19-10-7-11-20-38/h6-30,33-35H,31-32H2,1-5H3. The van der Waals surface area contributed by atoms with Gasteiger partial charge in [-0.3, -0.25) is 0 Å². The molecule has 0 bridgehead atoms. The van der Waals surface area contributed by atoms with Crippen LogP contribution in [0.1, 0.15) is 79.5 Å². The summed E-state index contributed by atoms with van der Waals surface area (Å²) in [5.74, 6) is 0. The first-order chi connectivity index (χ1) is 30.2. The smallest absolute Gasteiger partial charge is 0.333 e. The van der Waals surface area contributed by atoms with Crippen LogP contribution >= 0.6 is 0 Å². The Morgan fingerprint density at radius 2 is 1.21 bits per heavy atom. The van der Waals surface area contributed by atoms with Crippen LogP contribution in [0.3, 0.4) is 0 Å². The summed E-state index contributed by atoms with van der Waals surface area (Å²) in [6, 6.07) is 64.3. The Balaban J connectivity index is 1.19. The van der Waals surface area contributed by atoms with E-state index in [0.29, 0.717) is 0 Å². The van der Waals surface area contributed by atoms with E-state index in [1.54, 1.807) is 0 Å². The third kappa shape index (κ3) is 4.57. The van der Waals surface area contributed by atoms with Gasteiger partial charge in [0, 0.05) is 39.1 Å². The molecule has 1 aliphatic carbocycles. The molecule has 0 spiro atoms. The third-order valence-electron chi connectivity index (χ3n) is 15.2. The summed E-state index contributed by atoms with van der Waals surface area (Å²) < 4.78 is 6.67. The summed E-state index contributed by atoms with van der Waals surface area (Å²) in [5, 5.41) is 2.33. The van der Waals surface area contributed by atoms with E-state index in [-0.39, 0.29) is 17.7 Å². The van der Waals surface area contributed by atoms with Crippen LogP contribution in [0.25, 0.3) is 33.1 Å². The molecule has 3 nitrogen and oxygen atoms in total. The summed E-state index contributed by atoms with van der Waals surface area (Å²) in [4.78, 5) is 5.33. The number of fused-ring (bicyclic) bond motifs is 11. The van der Waals surface area contributed by atoms with Crippen LogP contribution in [0.2, 0.25) is 0 Å². The Morgan fingerprint density at radius 3 is 1.98 bits per heavy atom. The summed E-state index contributed by atoms with van der Waals surface area (Å²) in [6.07, 6.45) is 2.34. The Kier molecular flexibility index (Phi) is 7.20. The lowest BCUT2D eigenvalue weighted by Crippen LogP contribution is -2.62. The largest absolute Gasteiger partial charge is 0.456 e. The van der Waals surface area contributed by atoms with Crippen molar-refractivity contribution >= 4 is 68.1 Å². The van der Waals surface area contributed by atoms with Crippen LogP contribution in [0.15, 0.2) is 174 Å². The molecule has 0 fully saturated rings. The van der Waals surface area contributed by atoms with Crippen LogP contribution in [0.5, 0.6) is 0 Å². The fourth-order valence-electron chi connectivity index (χ4n) is 12.3. The van der Waals surface area contributed by atoms with Gasteiger partial charge in [0.1, 0.15) is 11.2 Å². The highest BCUT2D eigenvalue weighted by molar-refractivity contribution is 6.93. The molecule has 0 amide bonds. The Morgan fingerprint density at radius 1 is 0.532 bits per heavy atom. The maximum atomic E-state index is 6.67. The van der Waals surface area contributed by atoms with Crippen molar-refractivity contribution in [2.75, 3.05) is 9.71 Å². The minimum atomic E-state index is -0.564. The number of hydrogen-bond acceptors (Lipinski definition) is 3. The molecular formula is C58H47BN2O. The van der Waals surface area contributed by atoms with Crippen molar-refractivity contribution < 1.29 is 4.42 Å². The van der Waals surface area contributed by atoms with Crippen LogP contribution < -0.4 is 20.6 Å². The lowest BCUT2D eigenvalue weighted by Gasteiger charge is -2.52. The zero-order valence-corrected chi connectivity index (χ0v) is 36.0. The van der Waals surface area contributed by atoms with Crippen LogP contribution in [-0.4, -0.2) is 6.85 Å². The summed E-state index contributed by atoms with van der Waals surface area (Å²) in [6.45, 7) is 11.9. The normalized spacial score (nSPS) is 17.0. The molecule has 0 N–H and O–H groups in total. The van der Waals surface area contributed by atoms with Crippen molar-refractivity contribution in [3.8, 4) is 11.1 Å². The topological polar surface area (TPSA) is 19.6 Å². The van der Waals surface area contributed by atoms with Gasteiger partial charge in [-0.15, -0.1) is 0 Å². The van der Waals surface area contributed by atoms with Crippen LogP contribution in [0.4, 0.5) is 28.4 Å². The number of hydrogen-bond donors (Lipinski definition) is 0. The molecule has 4 heteroatoms.